The molecule has 0 saturated carbocycles. The van der Waals surface area contributed by atoms with Crippen LogP contribution in [-0.4, -0.2) is 42.6 Å². The fraction of sp³-hybridized carbons (Fsp3) is 0.524. The van der Waals surface area contributed by atoms with E-state index in [1.807, 2.05) is 12.1 Å². The third-order valence-corrected chi connectivity index (χ3v) is 5.79. The minimum atomic E-state index is 0.634. The Morgan fingerprint density at radius 1 is 1.16 bits per heavy atom. The highest BCUT2D eigenvalue weighted by Gasteiger charge is 2.25. The molecule has 3 heterocycles. The highest BCUT2D eigenvalue weighted by molar-refractivity contribution is 5.42. The van der Waals surface area contributed by atoms with Crippen LogP contribution in [0.3, 0.4) is 0 Å². The van der Waals surface area contributed by atoms with E-state index in [2.05, 4.69) is 33.0 Å². The van der Waals surface area contributed by atoms with Crippen molar-refractivity contribution in [1.82, 2.24) is 9.88 Å². The van der Waals surface area contributed by atoms with Crippen LogP contribution in [0.2, 0.25) is 0 Å². The summed E-state index contributed by atoms with van der Waals surface area (Å²) in [4.78, 5) is 9.44. The summed E-state index contributed by atoms with van der Waals surface area (Å²) in [6.07, 6.45) is 12.8. The van der Waals surface area contributed by atoms with Gasteiger partial charge in [-0.15, -0.1) is 0 Å². The molecule has 4 nitrogen and oxygen atoms in total. The van der Waals surface area contributed by atoms with E-state index in [0.29, 0.717) is 5.56 Å². The lowest BCUT2D eigenvalue weighted by molar-refractivity contribution is 0.263. The number of allylic oxidation sites excluding steroid dienone is 2. The number of hydrogen-bond acceptors (Lipinski definition) is 4. The number of nitriles is 1. The molecule has 0 bridgehead atoms. The first-order chi connectivity index (χ1) is 12.3. The number of fused-ring (bicyclic) bond motifs is 1. The molecule has 4 heteroatoms. The number of likely N-dealkylation sites (tertiary alicyclic amines) is 1. The maximum atomic E-state index is 8.89. The number of rotatable bonds is 4. The minimum absolute atomic E-state index is 0.634. The van der Waals surface area contributed by atoms with Crippen LogP contribution in [0.15, 0.2) is 41.6 Å². The van der Waals surface area contributed by atoms with Crippen molar-refractivity contribution in [2.75, 3.05) is 37.6 Å². The first kappa shape index (κ1) is 16.4. The van der Waals surface area contributed by atoms with Gasteiger partial charge in [-0.3, -0.25) is 4.90 Å². The van der Waals surface area contributed by atoms with Crippen LogP contribution in [0.25, 0.3) is 0 Å². The van der Waals surface area contributed by atoms with E-state index in [1.165, 1.54) is 45.2 Å². The van der Waals surface area contributed by atoms with Gasteiger partial charge in [0.25, 0.3) is 0 Å². The molecule has 1 aliphatic carbocycles. The Morgan fingerprint density at radius 2 is 2.04 bits per heavy atom. The molecule has 130 valence electrons. The smallest absolute Gasteiger partial charge is 0.128 e. The monoisotopic (exact) mass is 334 g/mol. The second-order valence-corrected chi connectivity index (χ2v) is 7.47. The maximum Gasteiger partial charge on any atom is 0.128 e. The average molecular weight is 334 g/mol. The minimum Gasteiger partial charge on any atom is -0.356 e. The molecule has 2 aliphatic heterocycles. The van der Waals surface area contributed by atoms with Crippen LogP contribution >= 0.6 is 0 Å². The summed E-state index contributed by atoms with van der Waals surface area (Å²) in [5, 5.41) is 8.89. The summed E-state index contributed by atoms with van der Waals surface area (Å²) in [6, 6.07) is 5.98. The number of aromatic nitrogens is 1. The SMILES string of the molecule is N#Cc1ccc(N2CCC(CCN3CCC4=CCCC=C4C3)C2)nc1. The van der Waals surface area contributed by atoms with Crippen molar-refractivity contribution in [2.45, 2.75) is 32.1 Å². The lowest BCUT2D eigenvalue weighted by Gasteiger charge is -2.32. The topological polar surface area (TPSA) is 43.2 Å². The number of hydrogen-bond donors (Lipinski definition) is 0. The van der Waals surface area contributed by atoms with E-state index in [-0.39, 0.29) is 0 Å². The van der Waals surface area contributed by atoms with Gasteiger partial charge in [0.1, 0.15) is 11.9 Å². The molecule has 1 unspecified atom stereocenters. The largest absolute Gasteiger partial charge is 0.356 e. The molecule has 0 amide bonds. The van der Waals surface area contributed by atoms with E-state index in [1.54, 1.807) is 17.3 Å². The Kier molecular flexibility index (Phi) is 4.85. The Bertz CT molecular complexity index is 710. The molecule has 2 saturated heterocycles. The summed E-state index contributed by atoms with van der Waals surface area (Å²) < 4.78 is 0. The zero-order valence-corrected chi connectivity index (χ0v) is 14.8. The second kappa shape index (κ2) is 7.41. The van der Waals surface area contributed by atoms with E-state index in [9.17, 15) is 0 Å². The zero-order valence-electron chi connectivity index (χ0n) is 14.8. The maximum absolute atomic E-state index is 8.89. The van der Waals surface area contributed by atoms with Crippen molar-refractivity contribution >= 4 is 5.82 Å². The number of piperidine rings is 1. The van der Waals surface area contributed by atoms with Crippen molar-refractivity contribution in [2.24, 2.45) is 5.92 Å². The van der Waals surface area contributed by atoms with E-state index in [4.69, 9.17) is 5.26 Å². The molecular formula is C21H26N4. The van der Waals surface area contributed by atoms with Crippen LogP contribution in [0.5, 0.6) is 0 Å². The van der Waals surface area contributed by atoms with Gasteiger partial charge in [0.05, 0.1) is 5.56 Å². The van der Waals surface area contributed by atoms with Gasteiger partial charge in [0.2, 0.25) is 0 Å². The summed E-state index contributed by atoms with van der Waals surface area (Å²) in [7, 11) is 0. The van der Waals surface area contributed by atoms with Crippen molar-refractivity contribution < 1.29 is 0 Å². The molecule has 1 aromatic heterocycles. The Morgan fingerprint density at radius 3 is 2.84 bits per heavy atom. The number of pyridine rings is 1. The molecule has 1 atom stereocenters. The first-order valence-electron chi connectivity index (χ1n) is 9.54. The van der Waals surface area contributed by atoms with Crippen molar-refractivity contribution in [3.8, 4) is 6.07 Å². The summed E-state index contributed by atoms with van der Waals surface area (Å²) in [5.74, 6) is 1.77. The molecule has 25 heavy (non-hydrogen) atoms. The lowest BCUT2D eigenvalue weighted by Crippen LogP contribution is -2.34. The van der Waals surface area contributed by atoms with Gasteiger partial charge in [-0.05, 0) is 67.8 Å². The van der Waals surface area contributed by atoms with Gasteiger partial charge in [-0.2, -0.15) is 5.26 Å². The Balaban J connectivity index is 1.26. The molecular weight excluding hydrogens is 308 g/mol. The van der Waals surface area contributed by atoms with Crippen molar-refractivity contribution in [3.05, 3.63) is 47.2 Å². The molecule has 0 radical (unpaired) electrons. The van der Waals surface area contributed by atoms with E-state index >= 15 is 0 Å². The fourth-order valence-corrected chi connectivity index (χ4v) is 4.28. The highest BCUT2D eigenvalue weighted by Crippen LogP contribution is 2.29. The van der Waals surface area contributed by atoms with E-state index < -0.39 is 0 Å². The quantitative estimate of drug-likeness (QED) is 0.845. The summed E-state index contributed by atoms with van der Waals surface area (Å²) in [5.41, 5.74) is 3.84. The van der Waals surface area contributed by atoms with E-state index in [0.717, 1.165) is 31.4 Å². The molecule has 0 spiro atoms. The average Bonchev–Trinajstić information content (AvgIpc) is 3.15. The zero-order chi connectivity index (χ0) is 17.1. The number of nitrogens with zero attached hydrogens (tertiary/aromatic N) is 4. The van der Waals surface area contributed by atoms with Crippen molar-refractivity contribution in [3.63, 3.8) is 0 Å². The van der Waals surface area contributed by atoms with Crippen LogP contribution in [-0.2, 0) is 0 Å². The van der Waals surface area contributed by atoms with Crippen LogP contribution < -0.4 is 4.90 Å². The van der Waals surface area contributed by atoms with Gasteiger partial charge in [-0.1, -0.05) is 12.2 Å². The summed E-state index contributed by atoms with van der Waals surface area (Å²) in [6.45, 7) is 5.77. The molecule has 1 aromatic rings. The lowest BCUT2D eigenvalue weighted by atomic mass is 9.91. The molecule has 0 aromatic carbocycles. The molecule has 2 fully saturated rings. The predicted molar refractivity (Wildman–Crippen MR) is 100 cm³/mol. The van der Waals surface area contributed by atoms with Gasteiger partial charge < -0.3 is 4.90 Å². The molecule has 4 rings (SSSR count). The first-order valence-corrected chi connectivity index (χ1v) is 9.54. The fourth-order valence-electron chi connectivity index (χ4n) is 4.28. The van der Waals surface area contributed by atoms with Gasteiger partial charge in [-0.25, -0.2) is 4.98 Å². The Hall–Kier alpha value is -2.12. The van der Waals surface area contributed by atoms with Gasteiger partial charge in [0, 0.05) is 32.4 Å². The van der Waals surface area contributed by atoms with Gasteiger partial charge >= 0.3 is 0 Å². The predicted octanol–water partition coefficient (Wildman–Crippen LogP) is 3.52. The van der Waals surface area contributed by atoms with Crippen molar-refractivity contribution in [1.29, 1.82) is 5.26 Å². The molecule has 0 N–H and O–H groups in total. The third-order valence-electron chi connectivity index (χ3n) is 5.79. The van der Waals surface area contributed by atoms with Crippen LogP contribution in [0.1, 0.15) is 37.7 Å². The number of anilines is 1. The normalized spacial score (nSPS) is 23.6. The standard InChI is InChI=1S/C21H26N4/c22-13-18-5-6-21(23-14-18)25-12-8-17(15-25)7-10-24-11-9-19-3-1-2-4-20(19)16-24/h3-6,14,17H,1-2,7-12,15-16H2. The second-order valence-electron chi connectivity index (χ2n) is 7.47. The van der Waals surface area contributed by atoms with Gasteiger partial charge in [0.15, 0.2) is 0 Å². The highest BCUT2D eigenvalue weighted by atomic mass is 15.2. The van der Waals surface area contributed by atoms with Crippen LogP contribution in [0.4, 0.5) is 5.82 Å². The molecule has 3 aliphatic rings. The van der Waals surface area contributed by atoms with Crippen LogP contribution in [0, 0.1) is 17.2 Å². The summed E-state index contributed by atoms with van der Waals surface area (Å²) >= 11 is 0. The third kappa shape index (κ3) is 3.77. The Labute approximate surface area is 150 Å².